The molecule has 2 aromatic rings. The Labute approximate surface area is 167 Å². The van der Waals surface area contributed by atoms with Crippen molar-refractivity contribution in [2.24, 2.45) is 0 Å². The van der Waals surface area contributed by atoms with Crippen molar-refractivity contribution in [1.82, 2.24) is 4.90 Å². The van der Waals surface area contributed by atoms with Crippen LogP contribution < -0.4 is 4.74 Å². The van der Waals surface area contributed by atoms with Gasteiger partial charge in [-0.25, -0.2) is 0 Å². The fourth-order valence-electron chi connectivity index (χ4n) is 2.38. The maximum atomic E-state index is 12.4. The summed E-state index contributed by atoms with van der Waals surface area (Å²) in [5.41, 5.74) is 1.94. The third-order valence-electron chi connectivity index (χ3n) is 3.81. The number of hydrogen-bond acceptors (Lipinski definition) is 6. The Hall–Kier alpha value is -2.64. The molecule has 138 valence electrons. The van der Waals surface area contributed by atoms with Crippen LogP contribution in [0.25, 0.3) is 6.08 Å². The number of rotatable bonds is 6. The minimum Gasteiger partial charge on any atom is -0.489 e. The monoisotopic (exact) mass is 399 g/mol. The lowest BCUT2D eigenvalue weighted by Gasteiger charge is -2.11. The summed E-state index contributed by atoms with van der Waals surface area (Å²) in [7, 11) is 1.28. The zero-order valence-electron chi connectivity index (χ0n) is 14.6. The average molecular weight is 399 g/mol. The Morgan fingerprint density at radius 2 is 1.85 bits per heavy atom. The second-order valence-corrected chi connectivity index (χ2v) is 7.36. The number of esters is 1. The van der Waals surface area contributed by atoms with Gasteiger partial charge in [0.1, 0.15) is 23.2 Å². The van der Waals surface area contributed by atoms with E-state index < -0.39 is 5.97 Å². The van der Waals surface area contributed by atoms with Crippen LogP contribution in [-0.2, 0) is 20.9 Å². The number of ether oxygens (including phenoxy) is 2. The van der Waals surface area contributed by atoms with Gasteiger partial charge in [-0.3, -0.25) is 14.5 Å². The number of hydrogen-bond donors (Lipinski definition) is 0. The molecule has 0 spiro atoms. The molecule has 1 heterocycles. The minimum absolute atomic E-state index is 0.176. The van der Waals surface area contributed by atoms with Gasteiger partial charge in [0.05, 0.1) is 12.0 Å². The first kappa shape index (κ1) is 19.1. The summed E-state index contributed by atoms with van der Waals surface area (Å²) in [4.78, 5) is 25.5. The van der Waals surface area contributed by atoms with Gasteiger partial charge in [0.25, 0.3) is 5.91 Å². The number of thioether (sulfide) groups is 1. The molecule has 0 atom stereocenters. The predicted octanol–water partition coefficient (Wildman–Crippen LogP) is 3.64. The molecule has 1 aliphatic heterocycles. The topological polar surface area (TPSA) is 55.8 Å². The van der Waals surface area contributed by atoms with Crippen LogP contribution in [0.15, 0.2) is 59.5 Å². The summed E-state index contributed by atoms with van der Waals surface area (Å²) in [5, 5.41) is 0. The van der Waals surface area contributed by atoms with E-state index in [-0.39, 0.29) is 12.5 Å². The first-order chi connectivity index (χ1) is 13.1. The Bertz CT molecular complexity index is 879. The molecule has 5 nitrogen and oxygen atoms in total. The van der Waals surface area contributed by atoms with Crippen LogP contribution in [-0.4, -0.2) is 34.8 Å². The van der Waals surface area contributed by atoms with E-state index >= 15 is 0 Å². The van der Waals surface area contributed by atoms with Gasteiger partial charge >= 0.3 is 5.97 Å². The molecule has 2 aromatic carbocycles. The average Bonchev–Trinajstić information content (AvgIpc) is 2.95. The standard InChI is InChI=1S/C20H17NO4S2/c1-24-18(22)12-21-19(23)17(27-20(21)26)11-14-7-9-16(10-8-14)25-13-15-5-3-2-4-6-15/h2-11H,12-13H2,1H3/b17-11-. The van der Waals surface area contributed by atoms with Gasteiger partial charge in [-0.05, 0) is 29.3 Å². The summed E-state index contributed by atoms with van der Waals surface area (Å²) in [6, 6.07) is 17.4. The molecule has 27 heavy (non-hydrogen) atoms. The number of benzene rings is 2. The molecule has 1 amide bonds. The van der Waals surface area contributed by atoms with Crippen molar-refractivity contribution in [3.8, 4) is 5.75 Å². The van der Waals surface area contributed by atoms with Gasteiger partial charge in [-0.15, -0.1) is 0 Å². The van der Waals surface area contributed by atoms with Crippen LogP contribution in [0.1, 0.15) is 11.1 Å². The summed E-state index contributed by atoms with van der Waals surface area (Å²) < 4.78 is 10.7. The molecular formula is C20H17NO4S2. The largest absolute Gasteiger partial charge is 0.489 e. The normalized spacial score (nSPS) is 15.3. The molecule has 1 saturated heterocycles. The summed E-state index contributed by atoms with van der Waals surface area (Å²) >= 11 is 6.35. The molecule has 1 fully saturated rings. The molecule has 0 radical (unpaired) electrons. The molecule has 7 heteroatoms. The smallest absolute Gasteiger partial charge is 0.325 e. The molecule has 0 saturated carbocycles. The second kappa shape index (κ2) is 8.83. The lowest BCUT2D eigenvalue weighted by Crippen LogP contribution is -2.33. The molecular weight excluding hydrogens is 382 g/mol. The van der Waals surface area contributed by atoms with Gasteiger partial charge < -0.3 is 9.47 Å². The van der Waals surface area contributed by atoms with E-state index in [4.69, 9.17) is 17.0 Å². The lowest BCUT2D eigenvalue weighted by atomic mass is 10.2. The second-order valence-electron chi connectivity index (χ2n) is 5.69. The quantitative estimate of drug-likeness (QED) is 0.420. The van der Waals surface area contributed by atoms with Gasteiger partial charge in [0.2, 0.25) is 0 Å². The molecule has 0 aliphatic carbocycles. The van der Waals surface area contributed by atoms with Crippen molar-refractivity contribution in [2.75, 3.05) is 13.7 Å². The van der Waals surface area contributed by atoms with Crippen molar-refractivity contribution < 1.29 is 19.1 Å². The van der Waals surface area contributed by atoms with Crippen molar-refractivity contribution >= 4 is 46.3 Å². The zero-order valence-corrected chi connectivity index (χ0v) is 16.2. The molecule has 3 rings (SSSR count). The number of thiocarbonyl (C=S) groups is 1. The highest BCUT2D eigenvalue weighted by Gasteiger charge is 2.33. The van der Waals surface area contributed by atoms with Gasteiger partial charge in [-0.1, -0.05) is 66.4 Å². The molecule has 0 bridgehead atoms. The van der Waals surface area contributed by atoms with Crippen LogP contribution in [0, 0.1) is 0 Å². The molecule has 1 aliphatic rings. The Morgan fingerprint density at radius 3 is 2.52 bits per heavy atom. The maximum absolute atomic E-state index is 12.4. The summed E-state index contributed by atoms with van der Waals surface area (Å²) in [5.74, 6) is -0.0542. The third-order valence-corrected chi connectivity index (χ3v) is 5.19. The van der Waals surface area contributed by atoms with Gasteiger partial charge in [0, 0.05) is 0 Å². The predicted molar refractivity (Wildman–Crippen MR) is 109 cm³/mol. The SMILES string of the molecule is COC(=O)CN1C(=O)/C(=C/c2ccc(OCc3ccccc3)cc2)SC1=S. The van der Waals surface area contributed by atoms with E-state index in [1.807, 2.05) is 54.6 Å². The van der Waals surface area contributed by atoms with Crippen LogP contribution in [0.3, 0.4) is 0 Å². The highest BCUT2D eigenvalue weighted by atomic mass is 32.2. The van der Waals surface area contributed by atoms with Crippen LogP contribution in [0.4, 0.5) is 0 Å². The van der Waals surface area contributed by atoms with Crippen LogP contribution in [0.5, 0.6) is 5.75 Å². The lowest BCUT2D eigenvalue weighted by molar-refractivity contribution is -0.143. The van der Waals surface area contributed by atoms with Gasteiger partial charge in [-0.2, -0.15) is 0 Å². The maximum Gasteiger partial charge on any atom is 0.325 e. The van der Waals surface area contributed by atoms with E-state index in [9.17, 15) is 9.59 Å². The zero-order chi connectivity index (χ0) is 19.2. The molecule has 0 N–H and O–H groups in total. The Morgan fingerprint density at radius 1 is 1.15 bits per heavy atom. The first-order valence-electron chi connectivity index (χ1n) is 8.16. The van der Waals surface area contributed by atoms with Crippen molar-refractivity contribution in [3.05, 3.63) is 70.6 Å². The van der Waals surface area contributed by atoms with Crippen LogP contribution >= 0.6 is 24.0 Å². The highest BCUT2D eigenvalue weighted by molar-refractivity contribution is 8.26. The number of nitrogens with zero attached hydrogens (tertiary/aromatic N) is 1. The Balaban J connectivity index is 1.64. The number of amides is 1. The summed E-state index contributed by atoms with van der Waals surface area (Å²) in [6.45, 7) is 0.317. The van der Waals surface area contributed by atoms with Crippen molar-refractivity contribution in [1.29, 1.82) is 0 Å². The van der Waals surface area contributed by atoms with E-state index in [0.717, 1.165) is 16.9 Å². The molecule has 0 unspecified atom stereocenters. The fraction of sp³-hybridized carbons (Fsp3) is 0.150. The molecule has 0 aromatic heterocycles. The van der Waals surface area contributed by atoms with Gasteiger partial charge in [0.15, 0.2) is 0 Å². The fourth-order valence-corrected chi connectivity index (χ4v) is 3.64. The number of methoxy groups -OCH3 is 1. The number of carbonyl (C=O) groups is 2. The Kier molecular flexibility index (Phi) is 6.26. The number of carbonyl (C=O) groups excluding carboxylic acids is 2. The summed E-state index contributed by atoms with van der Waals surface area (Å²) in [6.07, 6.45) is 1.75. The minimum atomic E-state index is -0.507. The third kappa shape index (κ3) is 4.96. The van der Waals surface area contributed by atoms with E-state index in [2.05, 4.69) is 4.74 Å². The van der Waals surface area contributed by atoms with E-state index in [0.29, 0.717) is 15.8 Å². The van der Waals surface area contributed by atoms with Crippen LogP contribution in [0.2, 0.25) is 0 Å². The first-order valence-corrected chi connectivity index (χ1v) is 9.38. The van der Waals surface area contributed by atoms with E-state index in [1.54, 1.807) is 6.08 Å². The van der Waals surface area contributed by atoms with Crippen molar-refractivity contribution in [2.45, 2.75) is 6.61 Å². The van der Waals surface area contributed by atoms with Crippen molar-refractivity contribution in [3.63, 3.8) is 0 Å². The van der Waals surface area contributed by atoms with E-state index in [1.165, 1.54) is 23.8 Å². The highest BCUT2D eigenvalue weighted by Crippen LogP contribution is 2.32.